The minimum absolute atomic E-state index is 0.0368. The topological polar surface area (TPSA) is 41.5 Å². The number of hydrogen-bond acceptors (Lipinski definition) is 2. The summed E-state index contributed by atoms with van der Waals surface area (Å²) in [6.07, 6.45) is 0.506. The molecule has 0 aromatic heterocycles. The molecule has 0 spiro atoms. The summed E-state index contributed by atoms with van der Waals surface area (Å²) in [5.41, 5.74) is 4.40. The highest BCUT2D eigenvalue weighted by molar-refractivity contribution is 5.99. The Kier molecular flexibility index (Phi) is 4.70. The number of carbonyl (C=O) groups is 1. The van der Waals surface area contributed by atoms with Crippen LogP contribution >= 0.6 is 0 Å². The maximum Gasteiger partial charge on any atom is 0.240 e. The average Bonchev–Trinajstić information content (AvgIpc) is 2.26. The van der Waals surface area contributed by atoms with Crippen LogP contribution < -0.4 is 5.43 Å². The summed E-state index contributed by atoms with van der Waals surface area (Å²) >= 11 is 0. The molecule has 1 rings (SSSR count). The van der Waals surface area contributed by atoms with Crippen LogP contribution in [0.3, 0.4) is 0 Å². The zero-order chi connectivity index (χ0) is 12.0. The first-order chi connectivity index (χ1) is 7.59. The molecule has 86 valence electrons. The summed E-state index contributed by atoms with van der Waals surface area (Å²) in [5.74, 6) is 0.317. The fourth-order valence-corrected chi connectivity index (χ4v) is 1.31. The number of amides is 1. The van der Waals surface area contributed by atoms with E-state index in [4.69, 9.17) is 0 Å². The Labute approximate surface area is 96.6 Å². The predicted molar refractivity (Wildman–Crippen MR) is 66.3 cm³/mol. The van der Waals surface area contributed by atoms with E-state index in [1.165, 1.54) is 0 Å². The largest absolute Gasteiger partial charge is 0.273 e. The molecule has 1 aromatic rings. The van der Waals surface area contributed by atoms with Gasteiger partial charge in [0.1, 0.15) is 0 Å². The van der Waals surface area contributed by atoms with Crippen LogP contribution in [0.2, 0.25) is 0 Å². The lowest BCUT2D eigenvalue weighted by Gasteiger charge is -2.04. The molecule has 1 aromatic carbocycles. The standard InChI is InChI=1S/C13H18N2O/c1-10(2)9-13(16)15-14-11(3)12-7-5-4-6-8-12/h4-8,10H,9H2,1-3H3,(H,15,16)/b14-11+. The summed E-state index contributed by atoms with van der Waals surface area (Å²) in [6, 6.07) is 9.78. The van der Waals surface area contributed by atoms with Gasteiger partial charge in [-0.3, -0.25) is 4.79 Å². The first-order valence-electron chi connectivity index (χ1n) is 5.48. The number of hydrazone groups is 1. The van der Waals surface area contributed by atoms with E-state index >= 15 is 0 Å². The molecular formula is C13H18N2O. The second-order valence-electron chi connectivity index (χ2n) is 4.20. The van der Waals surface area contributed by atoms with Gasteiger partial charge in [0.25, 0.3) is 0 Å². The minimum Gasteiger partial charge on any atom is -0.273 e. The van der Waals surface area contributed by atoms with E-state index in [0.29, 0.717) is 12.3 Å². The van der Waals surface area contributed by atoms with Gasteiger partial charge in [-0.05, 0) is 18.4 Å². The Morgan fingerprint density at radius 3 is 2.50 bits per heavy atom. The van der Waals surface area contributed by atoms with Gasteiger partial charge in [-0.1, -0.05) is 44.2 Å². The molecule has 0 bridgehead atoms. The van der Waals surface area contributed by atoms with Gasteiger partial charge in [-0.15, -0.1) is 0 Å². The number of hydrogen-bond donors (Lipinski definition) is 1. The maximum absolute atomic E-state index is 11.4. The first kappa shape index (κ1) is 12.4. The SMILES string of the molecule is C/C(=N\NC(=O)CC(C)C)c1ccccc1. The number of nitrogens with zero attached hydrogens (tertiary/aromatic N) is 1. The van der Waals surface area contributed by atoms with Crippen molar-refractivity contribution in [1.29, 1.82) is 0 Å². The molecular weight excluding hydrogens is 200 g/mol. The molecule has 3 nitrogen and oxygen atoms in total. The van der Waals surface area contributed by atoms with Crippen molar-refractivity contribution in [2.24, 2.45) is 11.0 Å². The molecule has 0 unspecified atom stereocenters. The Hall–Kier alpha value is -1.64. The van der Waals surface area contributed by atoms with Crippen LogP contribution in [0.1, 0.15) is 32.8 Å². The minimum atomic E-state index is -0.0368. The number of benzene rings is 1. The van der Waals surface area contributed by atoms with Crippen molar-refractivity contribution in [2.75, 3.05) is 0 Å². The van der Waals surface area contributed by atoms with E-state index < -0.39 is 0 Å². The van der Waals surface area contributed by atoms with Gasteiger partial charge >= 0.3 is 0 Å². The van der Waals surface area contributed by atoms with Crippen molar-refractivity contribution >= 4 is 11.6 Å². The van der Waals surface area contributed by atoms with Crippen LogP contribution in [0.4, 0.5) is 0 Å². The number of carbonyl (C=O) groups excluding carboxylic acids is 1. The summed E-state index contributed by atoms with van der Waals surface area (Å²) in [7, 11) is 0. The third-order valence-electron chi connectivity index (χ3n) is 2.13. The van der Waals surface area contributed by atoms with E-state index in [2.05, 4.69) is 10.5 Å². The van der Waals surface area contributed by atoms with Crippen molar-refractivity contribution in [3.63, 3.8) is 0 Å². The fraction of sp³-hybridized carbons (Fsp3) is 0.385. The third kappa shape index (κ3) is 4.26. The van der Waals surface area contributed by atoms with Gasteiger partial charge in [-0.2, -0.15) is 5.10 Å². The van der Waals surface area contributed by atoms with Crippen LogP contribution in [-0.4, -0.2) is 11.6 Å². The highest BCUT2D eigenvalue weighted by Gasteiger charge is 2.03. The monoisotopic (exact) mass is 218 g/mol. The lowest BCUT2D eigenvalue weighted by molar-refractivity contribution is -0.121. The Bertz CT molecular complexity index is 369. The molecule has 16 heavy (non-hydrogen) atoms. The number of rotatable bonds is 4. The molecule has 0 saturated heterocycles. The number of nitrogens with one attached hydrogen (secondary N) is 1. The van der Waals surface area contributed by atoms with Crippen LogP contribution in [0.25, 0.3) is 0 Å². The van der Waals surface area contributed by atoms with Crippen molar-refractivity contribution < 1.29 is 4.79 Å². The van der Waals surface area contributed by atoms with Crippen molar-refractivity contribution in [2.45, 2.75) is 27.2 Å². The van der Waals surface area contributed by atoms with Crippen LogP contribution in [0, 0.1) is 5.92 Å². The summed E-state index contributed by atoms with van der Waals surface area (Å²) in [5, 5.41) is 4.06. The zero-order valence-corrected chi connectivity index (χ0v) is 10.0. The van der Waals surface area contributed by atoms with Crippen molar-refractivity contribution in [1.82, 2.24) is 5.43 Å². The molecule has 0 atom stereocenters. The van der Waals surface area contributed by atoms with E-state index in [1.54, 1.807) is 0 Å². The fourth-order valence-electron chi connectivity index (χ4n) is 1.31. The lowest BCUT2D eigenvalue weighted by Crippen LogP contribution is -2.20. The molecule has 0 aliphatic carbocycles. The van der Waals surface area contributed by atoms with Crippen molar-refractivity contribution in [3.8, 4) is 0 Å². The molecule has 0 heterocycles. The molecule has 1 N–H and O–H groups in total. The van der Waals surface area contributed by atoms with Gasteiger partial charge in [-0.25, -0.2) is 5.43 Å². The molecule has 3 heteroatoms. The Balaban J connectivity index is 2.55. The quantitative estimate of drug-likeness (QED) is 0.612. The second kappa shape index (κ2) is 6.05. The van der Waals surface area contributed by atoms with E-state index in [1.807, 2.05) is 51.1 Å². The highest BCUT2D eigenvalue weighted by Crippen LogP contribution is 2.01. The highest BCUT2D eigenvalue weighted by atomic mass is 16.2. The van der Waals surface area contributed by atoms with Crippen LogP contribution in [-0.2, 0) is 4.79 Å². The molecule has 1 amide bonds. The molecule has 0 aliphatic rings. The molecule has 0 radical (unpaired) electrons. The van der Waals surface area contributed by atoms with Gasteiger partial charge < -0.3 is 0 Å². The van der Waals surface area contributed by atoms with Gasteiger partial charge in [0.2, 0.25) is 5.91 Å². The smallest absolute Gasteiger partial charge is 0.240 e. The van der Waals surface area contributed by atoms with Gasteiger partial charge in [0.15, 0.2) is 0 Å². The second-order valence-corrected chi connectivity index (χ2v) is 4.20. The Morgan fingerprint density at radius 2 is 1.94 bits per heavy atom. The molecule has 0 saturated carbocycles. The van der Waals surface area contributed by atoms with Gasteiger partial charge in [0.05, 0.1) is 5.71 Å². The molecule has 0 aliphatic heterocycles. The summed E-state index contributed by atoms with van der Waals surface area (Å²) < 4.78 is 0. The van der Waals surface area contributed by atoms with Crippen molar-refractivity contribution in [3.05, 3.63) is 35.9 Å². The first-order valence-corrected chi connectivity index (χ1v) is 5.48. The van der Waals surface area contributed by atoms with Gasteiger partial charge in [0, 0.05) is 6.42 Å². The summed E-state index contributed by atoms with van der Waals surface area (Å²) in [4.78, 5) is 11.4. The Morgan fingerprint density at radius 1 is 1.31 bits per heavy atom. The maximum atomic E-state index is 11.4. The van der Waals surface area contributed by atoms with E-state index in [0.717, 1.165) is 11.3 Å². The van der Waals surface area contributed by atoms with Crippen LogP contribution in [0.5, 0.6) is 0 Å². The normalized spacial score (nSPS) is 11.6. The molecule has 0 fully saturated rings. The lowest BCUT2D eigenvalue weighted by atomic mass is 10.1. The average molecular weight is 218 g/mol. The van der Waals surface area contributed by atoms with E-state index in [9.17, 15) is 4.79 Å². The predicted octanol–water partition coefficient (Wildman–Crippen LogP) is 2.57. The zero-order valence-electron chi connectivity index (χ0n) is 10.0. The summed E-state index contributed by atoms with van der Waals surface area (Å²) in [6.45, 7) is 5.89. The third-order valence-corrected chi connectivity index (χ3v) is 2.13. The van der Waals surface area contributed by atoms with Crippen LogP contribution in [0.15, 0.2) is 35.4 Å². The van der Waals surface area contributed by atoms with E-state index in [-0.39, 0.29) is 5.91 Å².